The van der Waals surface area contributed by atoms with Crippen LogP contribution in [-0.2, 0) is 6.54 Å². The van der Waals surface area contributed by atoms with Gasteiger partial charge in [-0.15, -0.1) is 0 Å². The monoisotopic (exact) mass is 434 g/mol. The molecule has 5 heteroatoms. The van der Waals surface area contributed by atoms with Gasteiger partial charge in [0.05, 0.1) is 13.2 Å². The van der Waals surface area contributed by atoms with Gasteiger partial charge in [-0.05, 0) is 80.4 Å². The summed E-state index contributed by atoms with van der Waals surface area (Å²) < 4.78 is 18.4. The van der Waals surface area contributed by atoms with Crippen molar-refractivity contribution in [2.45, 2.75) is 34.2 Å². The molecule has 2 rings (SSSR count). The third kappa shape index (κ3) is 7.58. The molecule has 0 aromatic heterocycles. The van der Waals surface area contributed by atoms with Gasteiger partial charge in [0.1, 0.15) is 11.7 Å². The number of hydrogen-bond acceptors (Lipinski definition) is 3. The number of nitrogens with zero attached hydrogens (tertiary/aromatic N) is 1. The zero-order valence-electron chi connectivity index (χ0n) is 19.2. The normalized spacial score (nSPS) is 13.2. The fraction of sp³-hybridized carbons (Fsp3) is 0.222. The lowest BCUT2D eigenvalue weighted by Gasteiger charge is -2.11. The number of amidine groups is 1. The van der Waals surface area contributed by atoms with E-state index in [2.05, 4.69) is 23.0 Å². The molecule has 0 radical (unpaired) electrons. The number of hydrogen-bond donors (Lipinski definition) is 2. The second kappa shape index (κ2) is 12.3. The van der Waals surface area contributed by atoms with Crippen LogP contribution >= 0.6 is 0 Å². The highest BCUT2D eigenvalue weighted by atomic mass is 19.1. The van der Waals surface area contributed by atoms with Crippen molar-refractivity contribution in [2.24, 2.45) is 4.99 Å². The van der Waals surface area contributed by atoms with E-state index in [-0.39, 0.29) is 11.6 Å². The van der Waals surface area contributed by atoms with Gasteiger partial charge in [0.25, 0.3) is 0 Å². The molecule has 4 nitrogen and oxygen atoms in total. The number of allylic oxidation sites excluding steroid dienone is 4. The van der Waals surface area contributed by atoms with Crippen molar-refractivity contribution >= 4 is 11.9 Å². The zero-order valence-corrected chi connectivity index (χ0v) is 19.2. The third-order valence-electron chi connectivity index (χ3n) is 4.78. The van der Waals surface area contributed by atoms with Gasteiger partial charge >= 0.3 is 0 Å². The van der Waals surface area contributed by atoms with E-state index >= 15 is 0 Å². The number of aliphatic imine (C=N–C) groups is 1. The van der Waals surface area contributed by atoms with E-state index in [0.29, 0.717) is 24.7 Å². The van der Waals surface area contributed by atoms with E-state index in [1.165, 1.54) is 12.1 Å². The molecule has 0 heterocycles. The first-order chi connectivity index (χ1) is 15.3. The number of ether oxygens (including phenoxy) is 1. The van der Waals surface area contributed by atoms with Gasteiger partial charge in [-0.2, -0.15) is 0 Å². The fourth-order valence-corrected chi connectivity index (χ4v) is 2.96. The molecule has 0 bridgehead atoms. The highest BCUT2D eigenvalue weighted by molar-refractivity contribution is 5.99. The van der Waals surface area contributed by atoms with Gasteiger partial charge < -0.3 is 15.2 Å². The highest BCUT2D eigenvalue weighted by Crippen LogP contribution is 2.27. The largest absolute Gasteiger partial charge is 0.504 e. The predicted octanol–water partition coefficient (Wildman–Crippen LogP) is 6.56. The van der Waals surface area contributed by atoms with Crippen molar-refractivity contribution in [3.8, 4) is 11.5 Å². The fourth-order valence-electron chi connectivity index (χ4n) is 2.96. The Bertz CT molecular complexity index is 1050. The van der Waals surface area contributed by atoms with Crippen molar-refractivity contribution in [1.82, 2.24) is 5.32 Å². The van der Waals surface area contributed by atoms with Crippen LogP contribution in [0.4, 0.5) is 4.39 Å². The van der Waals surface area contributed by atoms with Crippen LogP contribution < -0.4 is 10.1 Å². The Labute approximate surface area is 190 Å². The molecule has 0 atom stereocenters. The molecule has 2 aromatic carbocycles. The number of halogens is 1. The molecule has 0 aliphatic carbocycles. The topological polar surface area (TPSA) is 53.9 Å². The second-order valence-electron chi connectivity index (χ2n) is 7.33. The van der Waals surface area contributed by atoms with Crippen LogP contribution in [0.3, 0.4) is 0 Å². The van der Waals surface area contributed by atoms with E-state index in [9.17, 15) is 9.50 Å². The lowest BCUT2D eigenvalue weighted by Crippen LogP contribution is -2.19. The summed E-state index contributed by atoms with van der Waals surface area (Å²) in [5, 5.41) is 13.2. The average molecular weight is 435 g/mol. The lowest BCUT2D eigenvalue weighted by molar-refractivity contribution is 0.318. The molecule has 0 amide bonds. The Morgan fingerprint density at radius 1 is 1.16 bits per heavy atom. The SMILES string of the molecule is C=CNC(=NCc1ccc(OCC)c(O)c1)/C(C)=C(C)/C=C(C)/C=C/c1ccc(F)cc1. The van der Waals surface area contributed by atoms with Gasteiger partial charge in [-0.25, -0.2) is 4.39 Å². The number of phenols is 1. The van der Waals surface area contributed by atoms with Gasteiger partial charge in [-0.1, -0.05) is 48.6 Å². The molecule has 168 valence electrons. The van der Waals surface area contributed by atoms with E-state index in [1.807, 2.05) is 45.9 Å². The van der Waals surface area contributed by atoms with E-state index in [0.717, 1.165) is 27.8 Å². The molecular formula is C27H31FN2O2. The van der Waals surface area contributed by atoms with Crippen molar-refractivity contribution in [2.75, 3.05) is 6.61 Å². The zero-order chi connectivity index (χ0) is 23.5. The summed E-state index contributed by atoms with van der Waals surface area (Å²) in [5.74, 6) is 1.03. The second-order valence-corrected chi connectivity index (χ2v) is 7.33. The summed E-state index contributed by atoms with van der Waals surface area (Å²) >= 11 is 0. The summed E-state index contributed by atoms with van der Waals surface area (Å²) in [6, 6.07) is 11.7. The summed E-state index contributed by atoms with van der Waals surface area (Å²) in [7, 11) is 0. The van der Waals surface area contributed by atoms with E-state index < -0.39 is 0 Å². The van der Waals surface area contributed by atoms with Crippen LogP contribution in [-0.4, -0.2) is 17.5 Å². The summed E-state index contributed by atoms with van der Waals surface area (Å²) in [5.41, 5.74) is 4.89. The molecule has 0 aliphatic rings. The Morgan fingerprint density at radius 3 is 2.50 bits per heavy atom. The number of benzene rings is 2. The van der Waals surface area contributed by atoms with Crippen LogP contribution in [0, 0.1) is 5.82 Å². The summed E-state index contributed by atoms with van der Waals surface area (Å²) in [6.45, 7) is 12.5. The highest BCUT2D eigenvalue weighted by Gasteiger charge is 2.06. The maximum atomic E-state index is 13.0. The minimum Gasteiger partial charge on any atom is -0.504 e. The first-order valence-electron chi connectivity index (χ1n) is 10.5. The maximum Gasteiger partial charge on any atom is 0.160 e. The lowest BCUT2D eigenvalue weighted by atomic mass is 10.1. The van der Waals surface area contributed by atoms with Gasteiger partial charge in [-0.3, -0.25) is 4.99 Å². The average Bonchev–Trinajstić information content (AvgIpc) is 2.77. The number of nitrogens with one attached hydrogen (secondary N) is 1. The molecule has 0 saturated heterocycles. The van der Waals surface area contributed by atoms with Gasteiger partial charge in [0.2, 0.25) is 0 Å². The molecule has 0 aliphatic heterocycles. The first kappa shape index (κ1) is 24.7. The minimum absolute atomic E-state index is 0.104. The van der Waals surface area contributed by atoms with Crippen LogP contribution in [0.15, 0.2) is 89.1 Å². The number of rotatable bonds is 9. The molecule has 0 spiro atoms. The summed E-state index contributed by atoms with van der Waals surface area (Å²) in [6.07, 6.45) is 7.60. The predicted molar refractivity (Wildman–Crippen MR) is 131 cm³/mol. The van der Waals surface area contributed by atoms with Crippen LogP contribution in [0.1, 0.15) is 38.8 Å². The first-order valence-corrected chi connectivity index (χ1v) is 10.5. The maximum absolute atomic E-state index is 13.0. The molecule has 0 fully saturated rings. The van der Waals surface area contributed by atoms with Gasteiger partial charge in [0, 0.05) is 0 Å². The Morgan fingerprint density at radius 2 is 1.88 bits per heavy atom. The molecule has 2 N–H and O–H groups in total. The quantitative estimate of drug-likeness (QED) is 0.267. The molecule has 0 saturated carbocycles. The van der Waals surface area contributed by atoms with Crippen LogP contribution in [0.2, 0.25) is 0 Å². The molecule has 2 aromatic rings. The standard InChI is InChI=1S/C27H31FN2O2/c1-6-29-27(30-18-23-12-15-26(32-7-2)25(31)17-23)21(5)20(4)16-19(3)8-9-22-10-13-24(28)14-11-22/h6,8-17,31H,1,7,18H2,2-5H3,(H,29,30)/b9-8+,19-16+,21-20+. The smallest absolute Gasteiger partial charge is 0.160 e. The van der Waals surface area contributed by atoms with Crippen molar-refractivity contribution < 1.29 is 14.2 Å². The van der Waals surface area contributed by atoms with Crippen molar-refractivity contribution in [1.29, 1.82) is 0 Å². The van der Waals surface area contributed by atoms with Crippen molar-refractivity contribution in [3.05, 3.63) is 101 Å². The van der Waals surface area contributed by atoms with E-state index in [4.69, 9.17) is 4.74 Å². The van der Waals surface area contributed by atoms with E-state index in [1.54, 1.807) is 30.5 Å². The summed E-state index contributed by atoms with van der Waals surface area (Å²) in [4.78, 5) is 4.67. The molecule has 32 heavy (non-hydrogen) atoms. The molecule has 0 unspecified atom stereocenters. The Hall–Kier alpha value is -3.60. The molecular weight excluding hydrogens is 403 g/mol. The van der Waals surface area contributed by atoms with Crippen LogP contribution in [0.5, 0.6) is 11.5 Å². The Kier molecular flexibility index (Phi) is 9.48. The third-order valence-corrected chi connectivity index (χ3v) is 4.78. The number of aromatic hydroxyl groups is 1. The van der Waals surface area contributed by atoms with Crippen LogP contribution in [0.25, 0.3) is 6.08 Å². The minimum atomic E-state index is -0.245. The van der Waals surface area contributed by atoms with Crippen molar-refractivity contribution in [3.63, 3.8) is 0 Å². The Balaban J connectivity index is 2.19. The number of phenolic OH excluding ortho intramolecular Hbond substituents is 1. The van der Waals surface area contributed by atoms with Gasteiger partial charge in [0.15, 0.2) is 11.5 Å².